The predicted molar refractivity (Wildman–Crippen MR) is 75.9 cm³/mol. The summed E-state index contributed by atoms with van der Waals surface area (Å²) >= 11 is 0. The van der Waals surface area contributed by atoms with Crippen LogP contribution in [0.5, 0.6) is 0 Å². The Balaban J connectivity index is 1.54. The van der Waals surface area contributed by atoms with E-state index < -0.39 is 0 Å². The number of carbonyl (C=O) groups is 1. The van der Waals surface area contributed by atoms with Crippen LogP contribution in [-0.2, 0) is 11.2 Å². The van der Waals surface area contributed by atoms with E-state index in [-0.39, 0.29) is 11.9 Å². The molecule has 1 fully saturated rings. The molecule has 2 N–H and O–H groups in total. The minimum absolute atomic E-state index is 0.128. The van der Waals surface area contributed by atoms with Crippen molar-refractivity contribution in [2.24, 2.45) is 5.92 Å². The highest BCUT2D eigenvalue weighted by Gasteiger charge is 2.25. The summed E-state index contributed by atoms with van der Waals surface area (Å²) in [6, 6.07) is 8.10. The van der Waals surface area contributed by atoms with Crippen molar-refractivity contribution in [1.82, 2.24) is 10.6 Å². The lowest BCUT2D eigenvalue weighted by atomic mass is 9.94. The van der Waals surface area contributed by atoms with Crippen molar-refractivity contribution in [1.29, 1.82) is 0 Å². The first-order valence-corrected chi connectivity index (χ1v) is 7.43. The van der Waals surface area contributed by atoms with Crippen molar-refractivity contribution in [3.8, 4) is 0 Å². The minimum Gasteiger partial charge on any atom is -0.354 e. The molecular formula is C16H22N2O. The number of amides is 1. The molecule has 0 spiro atoms. The number of fused-ring (bicyclic) bond motifs is 1. The molecule has 19 heavy (non-hydrogen) atoms. The number of carbonyl (C=O) groups excluding carboxylic acids is 1. The van der Waals surface area contributed by atoms with Crippen LogP contribution in [0.1, 0.15) is 42.9 Å². The van der Waals surface area contributed by atoms with Crippen molar-refractivity contribution in [2.75, 3.05) is 13.1 Å². The van der Waals surface area contributed by atoms with Gasteiger partial charge in [-0.05, 0) is 36.3 Å². The molecule has 1 atom stereocenters. The fourth-order valence-electron chi connectivity index (χ4n) is 2.85. The van der Waals surface area contributed by atoms with Crippen LogP contribution in [-0.4, -0.2) is 19.0 Å². The maximum atomic E-state index is 12.2. The largest absolute Gasteiger partial charge is 0.354 e. The molecule has 2 aliphatic rings. The smallest absolute Gasteiger partial charge is 0.241 e. The maximum absolute atomic E-state index is 12.2. The molecule has 3 rings (SSSR count). The molecular weight excluding hydrogens is 236 g/mol. The van der Waals surface area contributed by atoms with Gasteiger partial charge >= 0.3 is 0 Å². The van der Waals surface area contributed by atoms with Gasteiger partial charge in [0.2, 0.25) is 5.91 Å². The first kappa shape index (κ1) is 12.7. The van der Waals surface area contributed by atoms with Gasteiger partial charge in [-0.2, -0.15) is 0 Å². The van der Waals surface area contributed by atoms with Crippen LogP contribution < -0.4 is 10.6 Å². The second kappa shape index (κ2) is 5.74. The molecule has 3 nitrogen and oxygen atoms in total. The van der Waals surface area contributed by atoms with Crippen molar-refractivity contribution in [3.63, 3.8) is 0 Å². The van der Waals surface area contributed by atoms with E-state index in [1.54, 1.807) is 0 Å². The van der Waals surface area contributed by atoms with E-state index in [0.717, 1.165) is 37.4 Å². The Morgan fingerprint density at radius 1 is 1.32 bits per heavy atom. The number of hydrogen-bond donors (Lipinski definition) is 2. The summed E-state index contributed by atoms with van der Waals surface area (Å²) in [6.07, 6.45) is 6.19. The second-order valence-corrected chi connectivity index (χ2v) is 5.71. The van der Waals surface area contributed by atoms with Crippen LogP contribution in [0.2, 0.25) is 0 Å². The van der Waals surface area contributed by atoms with Gasteiger partial charge in [0.15, 0.2) is 0 Å². The van der Waals surface area contributed by atoms with E-state index in [9.17, 15) is 4.79 Å². The molecule has 1 aliphatic carbocycles. The summed E-state index contributed by atoms with van der Waals surface area (Å²) in [5, 5.41) is 6.40. The van der Waals surface area contributed by atoms with Crippen LogP contribution in [0, 0.1) is 5.92 Å². The Kier molecular flexibility index (Phi) is 3.83. The SMILES string of the molecule is O=C(NCCCC1CC1)C1NCCc2ccccc21. The third-order valence-electron chi connectivity index (χ3n) is 4.16. The van der Waals surface area contributed by atoms with Gasteiger partial charge in [-0.1, -0.05) is 37.1 Å². The van der Waals surface area contributed by atoms with Gasteiger partial charge in [0.1, 0.15) is 6.04 Å². The summed E-state index contributed by atoms with van der Waals surface area (Å²) < 4.78 is 0. The lowest BCUT2D eigenvalue weighted by molar-refractivity contribution is -0.123. The Morgan fingerprint density at radius 2 is 2.16 bits per heavy atom. The molecule has 0 saturated heterocycles. The molecule has 0 aromatic heterocycles. The number of benzene rings is 1. The average molecular weight is 258 g/mol. The molecule has 3 heteroatoms. The monoisotopic (exact) mass is 258 g/mol. The van der Waals surface area contributed by atoms with E-state index >= 15 is 0 Å². The van der Waals surface area contributed by atoms with Gasteiger partial charge in [0.05, 0.1) is 0 Å². The van der Waals surface area contributed by atoms with E-state index in [1.165, 1.54) is 24.8 Å². The van der Waals surface area contributed by atoms with E-state index in [4.69, 9.17) is 0 Å². The highest BCUT2D eigenvalue weighted by atomic mass is 16.2. The van der Waals surface area contributed by atoms with Crippen LogP contribution in [0.4, 0.5) is 0 Å². The third-order valence-corrected chi connectivity index (χ3v) is 4.16. The first-order valence-electron chi connectivity index (χ1n) is 7.43. The third kappa shape index (κ3) is 3.16. The lowest BCUT2D eigenvalue weighted by Crippen LogP contribution is -2.41. The summed E-state index contributed by atoms with van der Waals surface area (Å²) in [7, 11) is 0. The number of nitrogens with one attached hydrogen (secondary N) is 2. The van der Waals surface area contributed by atoms with Gasteiger partial charge in [-0.25, -0.2) is 0 Å². The lowest BCUT2D eigenvalue weighted by Gasteiger charge is -2.26. The van der Waals surface area contributed by atoms with Crippen molar-refractivity contribution in [3.05, 3.63) is 35.4 Å². The van der Waals surface area contributed by atoms with Gasteiger partial charge in [-0.15, -0.1) is 0 Å². The normalized spacial score (nSPS) is 21.8. The van der Waals surface area contributed by atoms with Crippen LogP contribution in [0.3, 0.4) is 0 Å². The molecule has 102 valence electrons. The van der Waals surface area contributed by atoms with Crippen LogP contribution in [0.25, 0.3) is 0 Å². The summed E-state index contributed by atoms with van der Waals surface area (Å²) in [5.41, 5.74) is 2.45. The highest BCUT2D eigenvalue weighted by Crippen LogP contribution is 2.33. The first-order chi connectivity index (χ1) is 9.34. The standard InChI is InChI=1S/C16H22N2O/c19-16(18-10-3-4-12-7-8-12)15-14-6-2-1-5-13(14)9-11-17-15/h1-2,5-6,12,15,17H,3-4,7-11H2,(H,18,19). The molecule has 1 aromatic carbocycles. The Morgan fingerprint density at radius 3 is 3.00 bits per heavy atom. The highest BCUT2D eigenvalue weighted by molar-refractivity contribution is 5.83. The van der Waals surface area contributed by atoms with Gasteiger partial charge in [0, 0.05) is 13.1 Å². The predicted octanol–water partition coefficient (Wildman–Crippen LogP) is 2.18. The zero-order chi connectivity index (χ0) is 13.1. The van der Waals surface area contributed by atoms with Crippen LogP contribution >= 0.6 is 0 Å². The minimum atomic E-state index is -0.161. The Bertz CT molecular complexity index is 454. The Labute approximate surface area is 114 Å². The molecule has 1 aliphatic heterocycles. The van der Waals surface area contributed by atoms with Crippen molar-refractivity contribution >= 4 is 5.91 Å². The molecule has 0 bridgehead atoms. The van der Waals surface area contributed by atoms with Gasteiger partial charge in [-0.3, -0.25) is 4.79 Å². The van der Waals surface area contributed by atoms with Gasteiger partial charge in [0.25, 0.3) is 0 Å². The molecule has 1 saturated carbocycles. The molecule has 1 unspecified atom stereocenters. The maximum Gasteiger partial charge on any atom is 0.241 e. The van der Waals surface area contributed by atoms with E-state index in [2.05, 4.69) is 28.8 Å². The van der Waals surface area contributed by atoms with Crippen molar-refractivity contribution < 1.29 is 4.79 Å². The molecule has 0 radical (unpaired) electrons. The summed E-state index contributed by atoms with van der Waals surface area (Å²) in [4.78, 5) is 12.2. The van der Waals surface area contributed by atoms with E-state index in [1.807, 2.05) is 6.07 Å². The molecule has 1 aromatic rings. The molecule has 1 amide bonds. The number of hydrogen-bond acceptors (Lipinski definition) is 2. The van der Waals surface area contributed by atoms with Crippen molar-refractivity contribution in [2.45, 2.75) is 38.1 Å². The fraction of sp³-hybridized carbons (Fsp3) is 0.562. The molecule has 1 heterocycles. The van der Waals surface area contributed by atoms with Crippen LogP contribution in [0.15, 0.2) is 24.3 Å². The van der Waals surface area contributed by atoms with Gasteiger partial charge < -0.3 is 10.6 Å². The van der Waals surface area contributed by atoms with E-state index in [0.29, 0.717) is 0 Å². The quantitative estimate of drug-likeness (QED) is 0.795. The average Bonchev–Trinajstić information content (AvgIpc) is 3.27. The second-order valence-electron chi connectivity index (χ2n) is 5.71. The summed E-state index contributed by atoms with van der Waals surface area (Å²) in [5.74, 6) is 1.08. The fourth-order valence-corrected chi connectivity index (χ4v) is 2.85. The Hall–Kier alpha value is -1.35. The summed E-state index contributed by atoms with van der Waals surface area (Å²) in [6.45, 7) is 1.70. The number of rotatable bonds is 5. The zero-order valence-electron chi connectivity index (χ0n) is 11.3. The topological polar surface area (TPSA) is 41.1 Å². The zero-order valence-corrected chi connectivity index (χ0v) is 11.3.